The third kappa shape index (κ3) is 2.70. The molecule has 2 N–H and O–H groups in total. The summed E-state index contributed by atoms with van der Waals surface area (Å²) in [6, 6.07) is 10.7. The van der Waals surface area contributed by atoms with Crippen LogP contribution in [0.2, 0.25) is 0 Å². The van der Waals surface area contributed by atoms with Crippen molar-refractivity contribution in [1.29, 1.82) is 0 Å². The van der Waals surface area contributed by atoms with Crippen LogP contribution in [0.25, 0.3) is 0 Å². The molecule has 1 aromatic carbocycles. The molecule has 2 nitrogen and oxygen atoms in total. The summed E-state index contributed by atoms with van der Waals surface area (Å²) in [5.74, 6) is 0.674. The minimum atomic E-state index is 0.342. The molecule has 1 aliphatic heterocycles. The molecule has 1 aromatic rings. The summed E-state index contributed by atoms with van der Waals surface area (Å²) in [5.41, 5.74) is 7.75. The fourth-order valence-electron chi connectivity index (χ4n) is 2.83. The molecule has 2 rings (SSSR count). The van der Waals surface area contributed by atoms with Crippen LogP contribution in [0.1, 0.15) is 25.8 Å². The van der Waals surface area contributed by atoms with Crippen LogP contribution in [-0.2, 0) is 6.54 Å². The SMILES string of the molecule is CC(C)C1(CN)CCN(Cc2ccccc2)C1. The van der Waals surface area contributed by atoms with Crippen molar-refractivity contribution in [2.24, 2.45) is 17.1 Å². The third-order valence-electron chi connectivity index (χ3n) is 4.34. The van der Waals surface area contributed by atoms with E-state index in [2.05, 4.69) is 49.1 Å². The predicted molar refractivity (Wildman–Crippen MR) is 72.7 cm³/mol. The van der Waals surface area contributed by atoms with E-state index in [1.807, 2.05) is 0 Å². The van der Waals surface area contributed by atoms with E-state index in [-0.39, 0.29) is 0 Å². The van der Waals surface area contributed by atoms with Crippen LogP contribution >= 0.6 is 0 Å². The number of nitrogens with two attached hydrogens (primary N) is 1. The summed E-state index contributed by atoms with van der Waals surface area (Å²) < 4.78 is 0. The highest BCUT2D eigenvalue weighted by Gasteiger charge is 2.39. The van der Waals surface area contributed by atoms with Gasteiger partial charge in [-0.25, -0.2) is 0 Å². The number of benzene rings is 1. The molecular formula is C15H24N2. The molecule has 94 valence electrons. The minimum Gasteiger partial charge on any atom is -0.330 e. The van der Waals surface area contributed by atoms with Crippen LogP contribution in [0.15, 0.2) is 30.3 Å². The smallest absolute Gasteiger partial charge is 0.0233 e. The van der Waals surface area contributed by atoms with Crippen molar-refractivity contribution in [1.82, 2.24) is 4.90 Å². The Morgan fingerprint density at radius 1 is 1.29 bits per heavy atom. The zero-order chi connectivity index (χ0) is 12.3. The van der Waals surface area contributed by atoms with E-state index in [1.54, 1.807) is 0 Å². The average Bonchev–Trinajstić information content (AvgIpc) is 2.75. The number of hydrogen-bond acceptors (Lipinski definition) is 2. The lowest BCUT2D eigenvalue weighted by Gasteiger charge is -2.32. The Hall–Kier alpha value is -0.860. The first-order chi connectivity index (χ1) is 8.16. The third-order valence-corrected chi connectivity index (χ3v) is 4.34. The standard InChI is InChI=1S/C15H24N2/c1-13(2)15(11-16)8-9-17(12-15)10-14-6-4-3-5-7-14/h3-7,13H,8-12,16H2,1-2H3. The van der Waals surface area contributed by atoms with Gasteiger partial charge in [0.15, 0.2) is 0 Å². The van der Waals surface area contributed by atoms with Gasteiger partial charge in [0, 0.05) is 13.1 Å². The number of nitrogens with zero attached hydrogens (tertiary/aromatic N) is 1. The summed E-state index contributed by atoms with van der Waals surface area (Å²) in [7, 11) is 0. The van der Waals surface area contributed by atoms with Crippen molar-refractivity contribution >= 4 is 0 Å². The first-order valence-electron chi connectivity index (χ1n) is 6.63. The number of likely N-dealkylation sites (tertiary alicyclic amines) is 1. The van der Waals surface area contributed by atoms with Gasteiger partial charge in [-0.15, -0.1) is 0 Å². The fraction of sp³-hybridized carbons (Fsp3) is 0.600. The van der Waals surface area contributed by atoms with Crippen molar-refractivity contribution in [3.8, 4) is 0 Å². The van der Waals surface area contributed by atoms with Crippen LogP contribution in [0.5, 0.6) is 0 Å². The van der Waals surface area contributed by atoms with Gasteiger partial charge in [-0.1, -0.05) is 44.2 Å². The summed E-state index contributed by atoms with van der Waals surface area (Å²) in [5, 5.41) is 0. The molecule has 1 unspecified atom stereocenters. The summed E-state index contributed by atoms with van der Waals surface area (Å²) in [4.78, 5) is 2.54. The van der Waals surface area contributed by atoms with E-state index in [0.717, 1.165) is 19.6 Å². The normalized spacial score (nSPS) is 25.6. The molecule has 1 atom stereocenters. The second-order valence-corrected chi connectivity index (χ2v) is 5.67. The van der Waals surface area contributed by atoms with E-state index in [1.165, 1.54) is 18.5 Å². The highest BCUT2D eigenvalue weighted by Crippen LogP contribution is 2.37. The molecule has 0 amide bonds. The molecule has 1 saturated heterocycles. The Morgan fingerprint density at radius 3 is 2.53 bits per heavy atom. The van der Waals surface area contributed by atoms with E-state index < -0.39 is 0 Å². The maximum absolute atomic E-state index is 6.00. The zero-order valence-corrected chi connectivity index (χ0v) is 11.0. The predicted octanol–water partition coefficient (Wildman–Crippen LogP) is 2.49. The van der Waals surface area contributed by atoms with Crippen molar-refractivity contribution < 1.29 is 0 Å². The molecular weight excluding hydrogens is 208 g/mol. The second kappa shape index (κ2) is 5.19. The Kier molecular flexibility index (Phi) is 3.85. The number of hydrogen-bond donors (Lipinski definition) is 1. The van der Waals surface area contributed by atoms with Crippen LogP contribution in [-0.4, -0.2) is 24.5 Å². The fourth-order valence-corrected chi connectivity index (χ4v) is 2.83. The summed E-state index contributed by atoms with van der Waals surface area (Å²) in [6.07, 6.45) is 1.24. The maximum Gasteiger partial charge on any atom is 0.0233 e. The van der Waals surface area contributed by atoms with Crippen molar-refractivity contribution in [3.63, 3.8) is 0 Å². The molecule has 1 fully saturated rings. The van der Waals surface area contributed by atoms with Gasteiger partial charge in [-0.2, -0.15) is 0 Å². The maximum atomic E-state index is 6.00. The Bertz CT molecular complexity index is 347. The molecule has 0 saturated carbocycles. The zero-order valence-electron chi connectivity index (χ0n) is 11.0. The van der Waals surface area contributed by atoms with Gasteiger partial charge >= 0.3 is 0 Å². The lowest BCUT2D eigenvalue weighted by atomic mass is 9.76. The first-order valence-corrected chi connectivity index (χ1v) is 6.63. The molecule has 1 heterocycles. The Morgan fingerprint density at radius 2 is 2.00 bits per heavy atom. The van der Waals surface area contributed by atoms with Gasteiger partial charge in [-0.05, 0) is 36.4 Å². The van der Waals surface area contributed by atoms with E-state index in [9.17, 15) is 0 Å². The minimum absolute atomic E-state index is 0.342. The summed E-state index contributed by atoms with van der Waals surface area (Å²) >= 11 is 0. The topological polar surface area (TPSA) is 29.3 Å². The molecule has 0 aromatic heterocycles. The monoisotopic (exact) mass is 232 g/mol. The van der Waals surface area contributed by atoms with Gasteiger partial charge in [-0.3, -0.25) is 4.90 Å². The molecule has 2 heteroatoms. The highest BCUT2D eigenvalue weighted by molar-refractivity contribution is 5.15. The number of rotatable bonds is 4. The van der Waals surface area contributed by atoms with Crippen LogP contribution in [0.4, 0.5) is 0 Å². The Labute approximate surface area is 105 Å². The lowest BCUT2D eigenvalue weighted by molar-refractivity contribution is 0.191. The average molecular weight is 232 g/mol. The van der Waals surface area contributed by atoms with Gasteiger partial charge in [0.2, 0.25) is 0 Å². The first kappa shape index (κ1) is 12.6. The molecule has 0 spiro atoms. The molecule has 0 radical (unpaired) electrons. The van der Waals surface area contributed by atoms with E-state index in [0.29, 0.717) is 11.3 Å². The van der Waals surface area contributed by atoms with Gasteiger partial charge < -0.3 is 5.73 Å². The van der Waals surface area contributed by atoms with Crippen LogP contribution in [0, 0.1) is 11.3 Å². The second-order valence-electron chi connectivity index (χ2n) is 5.67. The van der Waals surface area contributed by atoms with Crippen molar-refractivity contribution in [3.05, 3.63) is 35.9 Å². The molecule has 0 bridgehead atoms. The summed E-state index contributed by atoms with van der Waals surface area (Å²) in [6.45, 7) is 8.82. The molecule has 1 aliphatic rings. The van der Waals surface area contributed by atoms with E-state index >= 15 is 0 Å². The lowest BCUT2D eigenvalue weighted by Crippen LogP contribution is -2.38. The highest BCUT2D eigenvalue weighted by atomic mass is 15.2. The van der Waals surface area contributed by atoms with Crippen LogP contribution in [0.3, 0.4) is 0 Å². The van der Waals surface area contributed by atoms with Gasteiger partial charge in [0.25, 0.3) is 0 Å². The van der Waals surface area contributed by atoms with Crippen molar-refractivity contribution in [2.75, 3.05) is 19.6 Å². The molecule has 17 heavy (non-hydrogen) atoms. The molecule has 0 aliphatic carbocycles. The van der Waals surface area contributed by atoms with Crippen LogP contribution < -0.4 is 5.73 Å². The van der Waals surface area contributed by atoms with Gasteiger partial charge in [0.05, 0.1) is 0 Å². The van der Waals surface area contributed by atoms with Crippen molar-refractivity contribution in [2.45, 2.75) is 26.8 Å². The van der Waals surface area contributed by atoms with Gasteiger partial charge in [0.1, 0.15) is 0 Å². The quantitative estimate of drug-likeness (QED) is 0.864. The Balaban J connectivity index is 1.98. The van der Waals surface area contributed by atoms with E-state index in [4.69, 9.17) is 5.73 Å². The largest absolute Gasteiger partial charge is 0.330 e.